The summed E-state index contributed by atoms with van der Waals surface area (Å²) in [7, 11) is -2.16. The average molecular weight is 347 g/mol. The van der Waals surface area contributed by atoms with Crippen molar-refractivity contribution in [3.63, 3.8) is 0 Å². The van der Waals surface area contributed by atoms with E-state index in [1.807, 2.05) is 0 Å². The number of nitrogens with one attached hydrogen (secondary N) is 1. The number of halogens is 2. The van der Waals surface area contributed by atoms with Crippen molar-refractivity contribution in [1.29, 1.82) is 0 Å². The normalized spacial score (nSPS) is 11.4. The van der Waals surface area contributed by atoms with Gasteiger partial charge in [-0.2, -0.15) is 0 Å². The zero-order valence-electron chi connectivity index (χ0n) is 11.0. The van der Waals surface area contributed by atoms with Crippen LogP contribution in [0.4, 0.5) is 0 Å². The van der Waals surface area contributed by atoms with Crippen LogP contribution < -0.4 is 9.46 Å². The van der Waals surface area contributed by atoms with Crippen molar-refractivity contribution in [1.82, 2.24) is 9.71 Å². The molecule has 0 saturated heterocycles. The third-order valence-electron chi connectivity index (χ3n) is 2.67. The molecule has 1 heterocycles. The second kappa shape index (κ2) is 6.62. The molecule has 1 N–H and O–H groups in total. The Morgan fingerprint density at radius 3 is 2.52 bits per heavy atom. The van der Waals surface area contributed by atoms with Gasteiger partial charge in [0.25, 0.3) is 0 Å². The van der Waals surface area contributed by atoms with E-state index in [1.54, 1.807) is 12.1 Å². The number of hydrogen-bond acceptors (Lipinski definition) is 4. The summed E-state index contributed by atoms with van der Waals surface area (Å²) < 4.78 is 31.7. The molecule has 0 fully saturated rings. The molecule has 21 heavy (non-hydrogen) atoms. The van der Waals surface area contributed by atoms with Gasteiger partial charge in [-0.15, -0.1) is 0 Å². The van der Waals surface area contributed by atoms with E-state index in [2.05, 4.69) is 9.71 Å². The number of methoxy groups -OCH3 is 1. The van der Waals surface area contributed by atoms with Gasteiger partial charge < -0.3 is 4.74 Å². The van der Waals surface area contributed by atoms with Gasteiger partial charge in [-0.1, -0.05) is 29.3 Å². The molecular weight excluding hydrogens is 335 g/mol. The molecule has 0 aliphatic rings. The zero-order valence-corrected chi connectivity index (χ0v) is 13.3. The number of nitrogens with zero attached hydrogens (tertiary/aromatic N) is 1. The van der Waals surface area contributed by atoms with Gasteiger partial charge in [-0.25, -0.2) is 18.1 Å². The van der Waals surface area contributed by atoms with Crippen molar-refractivity contribution >= 4 is 33.2 Å². The number of sulfonamides is 1. The van der Waals surface area contributed by atoms with Crippen LogP contribution >= 0.6 is 23.2 Å². The van der Waals surface area contributed by atoms with Crippen molar-refractivity contribution < 1.29 is 13.2 Å². The fourth-order valence-electron chi connectivity index (χ4n) is 1.54. The summed E-state index contributed by atoms with van der Waals surface area (Å²) in [6, 6.07) is 7.51. The predicted octanol–water partition coefficient (Wildman–Crippen LogP) is 2.88. The van der Waals surface area contributed by atoms with Gasteiger partial charge in [0.15, 0.2) is 0 Å². The van der Waals surface area contributed by atoms with Gasteiger partial charge in [-0.05, 0) is 23.8 Å². The summed E-state index contributed by atoms with van der Waals surface area (Å²) in [5, 5.41) is 0.487. The predicted molar refractivity (Wildman–Crippen MR) is 81.3 cm³/mol. The van der Waals surface area contributed by atoms with Crippen LogP contribution in [0, 0.1) is 0 Å². The molecule has 5 nitrogen and oxygen atoms in total. The minimum absolute atomic E-state index is 0.0540. The van der Waals surface area contributed by atoms with Gasteiger partial charge in [0.1, 0.15) is 0 Å². The molecule has 0 aliphatic carbocycles. The van der Waals surface area contributed by atoms with Crippen molar-refractivity contribution in [2.24, 2.45) is 0 Å². The molecule has 0 unspecified atom stereocenters. The molecule has 0 amide bonds. The lowest BCUT2D eigenvalue weighted by Gasteiger charge is -2.08. The zero-order chi connectivity index (χ0) is 15.5. The number of pyridine rings is 1. The quantitative estimate of drug-likeness (QED) is 0.903. The third-order valence-corrected chi connectivity index (χ3v) is 4.81. The molecule has 2 aromatic rings. The standard InChI is InChI=1S/C13H12Cl2N2O3S/c1-20-13-5-2-9(7-16-13)8-17-21(18,19)10-3-4-11(14)12(15)6-10/h2-7,17H,8H2,1H3. The van der Waals surface area contributed by atoms with E-state index >= 15 is 0 Å². The van der Waals surface area contributed by atoms with Crippen molar-refractivity contribution in [2.45, 2.75) is 11.4 Å². The Labute approximate surface area is 132 Å². The molecule has 0 atom stereocenters. The van der Waals surface area contributed by atoms with Crippen LogP contribution in [0.15, 0.2) is 41.4 Å². The van der Waals surface area contributed by atoms with E-state index in [1.165, 1.54) is 31.5 Å². The highest BCUT2D eigenvalue weighted by atomic mass is 35.5. The molecule has 0 saturated carbocycles. The highest BCUT2D eigenvalue weighted by Crippen LogP contribution is 2.24. The van der Waals surface area contributed by atoms with E-state index in [0.717, 1.165) is 0 Å². The van der Waals surface area contributed by atoms with Gasteiger partial charge >= 0.3 is 0 Å². The number of aromatic nitrogens is 1. The molecule has 0 radical (unpaired) electrons. The fourth-order valence-corrected chi connectivity index (χ4v) is 2.95. The van der Waals surface area contributed by atoms with Crippen molar-refractivity contribution in [3.05, 3.63) is 52.1 Å². The van der Waals surface area contributed by atoms with Crippen molar-refractivity contribution in [3.8, 4) is 5.88 Å². The smallest absolute Gasteiger partial charge is 0.240 e. The Kier molecular flexibility index (Phi) is 5.05. The van der Waals surface area contributed by atoms with Crippen LogP contribution in [0.5, 0.6) is 5.88 Å². The van der Waals surface area contributed by atoms with Crippen LogP contribution in [0.2, 0.25) is 10.0 Å². The van der Waals surface area contributed by atoms with Crippen LogP contribution in [0.1, 0.15) is 5.56 Å². The lowest BCUT2D eigenvalue weighted by molar-refractivity contribution is 0.397. The minimum atomic E-state index is -3.67. The molecule has 1 aromatic carbocycles. The maximum absolute atomic E-state index is 12.1. The number of rotatable bonds is 5. The Morgan fingerprint density at radius 1 is 1.19 bits per heavy atom. The molecule has 2 rings (SSSR count). The van der Waals surface area contributed by atoms with Gasteiger partial charge in [-0.3, -0.25) is 0 Å². The first-order valence-electron chi connectivity index (χ1n) is 5.86. The summed E-state index contributed by atoms with van der Waals surface area (Å²) >= 11 is 11.6. The summed E-state index contributed by atoms with van der Waals surface area (Å²) in [4.78, 5) is 4.05. The Hall–Kier alpha value is -1.34. The topological polar surface area (TPSA) is 68.3 Å². The maximum atomic E-state index is 12.1. The summed E-state index contributed by atoms with van der Waals surface area (Å²) in [5.74, 6) is 0.464. The van der Waals surface area contributed by atoms with E-state index in [9.17, 15) is 8.42 Å². The summed E-state index contributed by atoms with van der Waals surface area (Å²) in [5.41, 5.74) is 0.708. The van der Waals surface area contributed by atoms with Crippen LogP contribution in [-0.2, 0) is 16.6 Å². The second-order valence-electron chi connectivity index (χ2n) is 4.11. The second-order valence-corrected chi connectivity index (χ2v) is 6.69. The third kappa shape index (κ3) is 4.07. The highest BCUT2D eigenvalue weighted by molar-refractivity contribution is 7.89. The first-order chi connectivity index (χ1) is 9.92. The first kappa shape index (κ1) is 16.0. The summed E-state index contributed by atoms with van der Waals surface area (Å²) in [6.45, 7) is 0.111. The molecule has 8 heteroatoms. The lowest BCUT2D eigenvalue weighted by atomic mass is 10.3. The van der Waals surface area contributed by atoms with Gasteiger partial charge in [0.2, 0.25) is 15.9 Å². The van der Waals surface area contributed by atoms with E-state index in [-0.39, 0.29) is 16.5 Å². The summed E-state index contributed by atoms with van der Waals surface area (Å²) in [6.07, 6.45) is 1.54. The van der Waals surface area contributed by atoms with Gasteiger partial charge in [0.05, 0.1) is 22.1 Å². The Morgan fingerprint density at radius 2 is 1.95 bits per heavy atom. The Balaban J connectivity index is 2.11. The lowest BCUT2D eigenvalue weighted by Crippen LogP contribution is -2.23. The largest absolute Gasteiger partial charge is 0.481 e. The SMILES string of the molecule is COc1ccc(CNS(=O)(=O)c2ccc(Cl)c(Cl)c2)cn1. The van der Waals surface area contributed by atoms with E-state index < -0.39 is 10.0 Å². The van der Waals surface area contributed by atoms with Gasteiger partial charge in [0, 0.05) is 18.8 Å². The average Bonchev–Trinajstić information content (AvgIpc) is 2.48. The Bertz CT molecular complexity index is 734. The number of ether oxygens (including phenoxy) is 1. The van der Waals surface area contributed by atoms with Crippen LogP contribution in [0.3, 0.4) is 0 Å². The van der Waals surface area contributed by atoms with Crippen LogP contribution in [0.25, 0.3) is 0 Å². The number of hydrogen-bond donors (Lipinski definition) is 1. The minimum Gasteiger partial charge on any atom is -0.481 e. The number of benzene rings is 1. The maximum Gasteiger partial charge on any atom is 0.240 e. The van der Waals surface area contributed by atoms with Crippen molar-refractivity contribution in [2.75, 3.05) is 7.11 Å². The molecule has 1 aromatic heterocycles. The molecular formula is C13H12Cl2N2O3S. The molecule has 0 aliphatic heterocycles. The monoisotopic (exact) mass is 346 g/mol. The molecule has 0 spiro atoms. The molecule has 112 valence electrons. The van der Waals surface area contributed by atoms with E-state index in [0.29, 0.717) is 16.5 Å². The molecule has 0 bridgehead atoms. The van der Waals surface area contributed by atoms with E-state index in [4.69, 9.17) is 27.9 Å². The fraction of sp³-hybridized carbons (Fsp3) is 0.154. The highest BCUT2D eigenvalue weighted by Gasteiger charge is 2.15. The first-order valence-corrected chi connectivity index (χ1v) is 8.10. The van der Waals surface area contributed by atoms with Crippen LogP contribution in [-0.4, -0.2) is 20.5 Å².